The molecule has 0 aromatic heterocycles. The average molecular weight is 561 g/mol. The minimum Gasteiger partial charge on any atom is -0.335 e. The molecule has 4 rings (SSSR count). The Labute approximate surface area is 227 Å². The van der Waals surface area contributed by atoms with E-state index in [1.807, 2.05) is 30.3 Å². The molecule has 0 spiro atoms. The van der Waals surface area contributed by atoms with Crippen molar-refractivity contribution in [3.05, 3.63) is 112 Å². The number of nitrogens with zero attached hydrogens (tertiary/aromatic N) is 2. The maximum Gasteiger partial charge on any atom is 0.416 e. The smallest absolute Gasteiger partial charge is 0.335 e. The van der Waals surface area contributed by atoms with Gasteiger partial charge in [-0.1, -0.05) is 60.7 Å². The Kier molecular flexibility index (Phi) is 8.37. The van der Waals surface area contributed by atoms with Crippen molar-refractivity contribution in [2.24, 2.45) is 0 Å². The van der Waals surface area contributed by atoms with Crippen LogP contribution < -0.4 is 0 Å². The lowest BCUT2D eigenvalue weighted by Gasteiger charge is -2.42. The van der Waals surface area contributed by atoms with Crippen molar-refractivity contribution in [1.82, 2.24) is 9.80 Å². The molecule has 4 nitrogen and oxygen atoms in total. The molecule has 0 unspecified atom stereocenters. The Morgan fingerprint density at radius 1 is 0.825 bits per heavy atom. The molecule has 1 fully saturated rings. The summed E-state index contributed by atoms with van der Waals surface area (Å²) in [7, 11) is 0. The van der Waals surface area contributed by atoms with Crippen molar-refractivity contribution >= 4 is 17.9 Å². The number of rotatable bonds is 5. The van der Waals surface area contributed by atoms with E-state index in [9.17, 15) is 35.9 Å². The third-order valence-electron chi connectivity index (χ3n) is 6.70. The molecule has 10 heteroatoms. The molecule has 0 aliphatic carbocycles. The van der Waals surface area contributed by atoms with Gasteiger partial charge in [0.15, 0.2) is 0 Å². The Morgan fingerprint density at radius 2 is 1.38 bits per heavy atom. The van der Waals surface area contributed by atoms with E-state index in [0.29, 0.717) is 17.7 Å². The van der Waals surface area contributed by atoms with Crippen LogP contribution in [0, 0.1) is 0 Å². The van der Waals surface area contributed by atoms with E-state index >= 15 is 0 Å². The summed E-state index contributed by atoms with van der Waals surface area (Å²) in [5, 5.41) is 0. The van der Waals surface area contributed by atoms with Gasteiger partial charge in [0.25, 0.3) is 5.91 Å². The van der Waals surface area contributed by atoms with Crippen LogP contribution in [0.5, 0.6) is 0 Å². The quantitative estimate of drug-likeness (QED) is 0.257. The van der Waals surface area contributed by atoms with E-state index < -0.39 is 41.0 Å². The Morgan fingerprint density at radius 3 is 1.93 bits per heavy atom. The minimum atomic E-state index is -5.08. The molecule has 1 aliphatic heterocycles. The fourth-order valence-electron chi connectivity index (χ4n) is 4.72. The Balaban J connectivity index is 1.65. The van der Waals surface area contributed by atoms with Crippen LogP contribution in [0.3, 0.4) is 0 Å². The molecule has 0 saturated carbocycles. The van der Waals surface area contributed by atoms with E-state index in [1.165, 1.54) is 4.90 Å². The molecule has 1 atom stereocenters. The molecule has 210 valence electrons. The van der Waals surface area contributed by atoms with Crippen molar-refractivity contribution in [2.75, 3.05) is 19.6 Å². The maximum absolute atomic E-state index is 13.5. The predicted octanol–water partition coefficient (Wildman–Crippen LogP) is 6.72. The molecule has 2 amide bonds. The summed E-state index contributed by atoms with van der Waals surface area (Å²) in [6, 6.07) is 18.4. The molecule has 1 heterocycles. The average Bonchev–Trinajstić information content (AvgIpc) is 2.92. The molecule has 3 aromatic rings. The van der Waals surface area contributed by atoms with Gasteiger partial charge in [0.1, 0.15) is 0 Å². The predicted molar refractivity (Wildman–Crippen MR) is 138 cm³/mol. The first-order valence-corrected chi connectivity index (χ1v) is 12.5. The van der Waals surface area contributed by atoms with E-state index in [0.717, 1.165) is 11.1 Å². The van der Waals surface area contributed by atoms with Crippen LogP contribution >= 0.6 is 0 Å². The summed E-state index contributed by atoms with van der Waals surface area (Å²) in [6.45, 7) is 1.74. The molecule has 1 saturated heterocycles. The second kappa shape index (κ2) is 11.6. The maximum atomic E-state index is 13.5. The van der Waals surface area contributed by atoms with Gasteiger partial charge < -0.3 is 9.80 Å². The normalized spacial score (nSPS) is 16.7. The monoisotopic (exact) mass is 560 g/mol. The number of alkyl halides is 6. The zero-order valence-corrected chi connectivity index (χ0v) is 21.5. The molecular weight excluding hydrogens is 534 g/mol. The molecule has 0 radical (unpaired) electrons. The summed E-state index contributed by atoms with van der Waals surface area (Å²) >= 11 is 0. The number of carbonyl (C=O) groups is 2. The first-order valence-electron chi connectivity index (χ1n) is 12.5. The number of amides is 2. The van der Waals surface area contributed by atoms with Crippen LogP contribution in [0.25, 0.3) is 6.08 Å². The van der Waals surface area contributed by atoms with E-state index in [1.54, 1.807) is 48.2 Å². The number of piperazine rings is 1. The van der Waals surface area contributed by atoms with Gasteiger partial charge in [-0.15, -0.1) is 0 Å². The third-order valence-corrected chi connectivity index (χ3v) is 6.70. The van der Waals surface area contributed by atoms with Gasteiger partial charge in [-0.05, 0) is 48.7 Å². The van der Waals surface area contributed by atoms with Crippen LogP contribution in [-0.4, -0.2) is 47.3 Å². The second-order valence-electron chi connectivity index (χ2n) is 9.63. The minimum absolute atomic E-state index is 0.00329. The van der Waals surface area contributed by atoms with Gasteiger partial charge in [0, 0.05) is 30.8 Å². The lowest BCUT2D eigenvalue weighted by Crippen LogP contribution is -2.57. The van der Waals surface area contributed by atoms with Crippen molar-refractivity contribution in [3.8, 4) is 0 Å². The first-order chi connectivity index (χ1) is 18.8. The number of hydrogen-bond donors (Lipinski definition) is 0. The summed E-state index contributed by atoms with van der Waals surface area (Å²) in [5.41, 5.74) is -1.73. The largest absolute Gasteiger partial charge is 0.416 e. The molecule has 40 heavy (non-hydrogen) atoms. The Hall–Kier alpha value is -4.08. The third kappa shape index (κ3) is 6.91. The zero-order chi connectivity index (χ0) is 29.1. The number of hydrogen-bond acceptors (Lipinski definition) is 2. The summed E-state index contributed by atoms with van der Waals surface area (Å²) in [5.74, 6) is -1.23. The van der Waals surface area contributed by atoms with Crippen molar-refractivity contribution < 1.29 is 35.9 Å². The van der Waals surface area contributed by atoms with Gasteiger partial charge in [-0.2, -0.15) is 26.3 Å². The van der Waals surface area contributed by atoms with Gasteiger partial charge in [-0.25, -0.2) is 0 Å². The highest BCUT2D eigenvalue weighted by molar-refractivity contribution is 5.98. The molecule has 1 aliphatic rings. The molecule has 3 aromatic carbocycles. The van der Waals surface area contributed by atoms with Crippen LogP contribution in [-0.2, 0) is 23.6 Å². The van der Waals surface area contributed by atoms with Crippen molar-refractivity contribution in [1.29, 1.82) is 0 Å². The first kappa shape index (κ1) is 28.9. The van der Waals surface area contributed by atoms with Gasteiger partial charge in [0.2, 0.25) is 5.91 Å². The highest BCUT2D eigenvalue weighted by Crippen LogP contribution is 2.37. The van der Waals surface area contributed by atoms with Crippen LogP contribution in [0.4, 0.5) is 26.3 Å². The van der Waals surface area contributed by atoms with Gasteiger partial charge >= 0.3 is 12.4 Å². The lowest BCUT2D eigenvalue weighted by atomic mass is 9.98. The summed E-state index contributed by atoms with van der Waals surface area (Å²) in [6.07, 6.45) is -8.17. The highest BCUT2D eigenvalue weighted by atomic mass is 19.4. The number of benzene rings is 3. The number of carbonyl (C=O) groups excluding carboxylic acids is 2. The lowest BCUT2D eigenvalue weighted by molar-refractivity contribution is -0.143. The second-order valence-corrected chi connectivity index (χ2v) is 9.63. The van der Waals surface area contributed by atoms with Crippen molar-refractivity contribution in [2.45, 2.75) is 31.7 Å². The summed E-state index contributed by atoms with van der Waals surface area (Å²) in [4.78, 5) is 29.6. The molecule has 0 N–H and O–H groups in total. The molecule has 0 bridgehead atoms. The number of halogens is 6. The highest BCUT2D eigenvalue weighted by Gasteiger charge is 2.39. The van der Waals surface area contributed by atoms with E-state index in [2.05, 4.69) is 0 Å². The van der Waals surface area contributed by atoms with Crippen LogP contribution in [0.1, 0.15) is 39.5 Å². The molecular formula is C30H26F6N2O2. The fraction of sp³-hybridized carbons (Fsp3) is 0.267. The topological polar surface area (TPSA) is 40.6 Å². The van der Waals surface area contributed by atoms with Crippen LogP contribution in [0.15, 0.2) is 84.4 Å². The Bertz CT molecular complexity index is 1350. The van der Waals surface area contributed by atoms with Crippen LogP contribution in [0.2, 0.25) is 0 Å². The van der Waals surface area contributed by atoms with Crippen molar-refractivity contribution in [3.63, 3.8) is 0 Å². The van der Waals surface area contributed by atoms with E-state index in [-0.39, 0.29) is 38.0 Å². The standard InChI is InChI=1S/C30H26F6N2O2/c1-20(14-21-8-4-2-5-9-21)27(39)37-12-13-38(26(19-37)15-22-10-6-3-7-11-22)28(40)23-16-24(29(31,32)33)18-25(17-23)30(34,35)36/h2-11,14,16-18,26H,12-13,15,19H2,1H3/t26-/m1/s1. The van der Waals surface area contributed by atoms with E-state index in [4.69, 9.17) is 0 Å². The zero-order valence-electron chi connectivity index (χ0n) is 21.5. The van der Waals surface area contributed by atoms with Gasteiger partial charge in [-0.3, -0.25) is 9.59 Å². The fourth-order valence-corrected chi connectivity index (χ4v) is 4.72. The SMILES string of the molecule is CC(=Cc1ccccc1)C(=O)N1CCN(C(=O)c2cc(C(F)(F)F)cc(C(F)(F)F)c2)[C@H](Cc2ccccc2)C1. The summed E-state index contributed by atoms with van der Waals surface area (Å²) < 4.78 is 80.6. The van der Waals surface area contributed by atoms with Gasteiger partial charge in [0.05, 0.1) is 17.2 Å².